The highest BCUT2D eigenvalue weighted by Crippen LogP contribution is 2.31. The first-order valence-corrected chi connectivity index (χ1v) is 6.21. The standard InChI is InChI=1S/C15H15Br/c1-15(2,12-6-4-3-5-7-12)13-8-10-14(16)11-9-13/h3-11H,1-2H3. The van der Waals surface area contributed by atoms with Crippen LogP contribution in [0.5, 0.6) is 0 Å². The summed E-state index contributed by atoms with van der Waals surface area (Å²) >= 11 is 3.47. The Bertz CT molecular complexity index is 455. The van der Waals surface area contributed by atoms with Crippen LogP contribution in [0.4, 0.5) is 0 Å². The van der Waals surface area contributed by atoms with Crippen LogP contribution in [0.25, 0.3) is 0 Å². The van der Waals surface area contributed by atoms with Crippen molar-refractivity contribution < 1.29 is 0 Å². The molecular weight excluding hydrogens is 260 g/mol. The van der Waals surface area contributed by atoms with Crippen LogP contribution < -0.4 is 0 Å². The molecule has 0 aliphatic heterocycles. The van der Waals surface area contributed by atoms with Gasteiger partial charge in [-0.05, 0) is 23.3 Å². The summed E-state index contributed by atoms with van der Waals surface area (Å²) in [4.78, 5) is 0. The molecule has 2 aromatic rings. The van der Waals surface area contributed by atoms with Gasteiger partial charge in [0.25, 0.3) is 0 Å². The molecule has 2 aromatic carbocycles. The number of benzene rings is 2. The fourth-order valence-corrected chi connectivity index (χ4v) is 2.15. The molecule has 0 aliphatic carbocycles. The summed E-state index contributed by atoms with van der Waals surface area (Å²) in [5.41, 5.74) is 2.74. The first kappa shape index (κ1) is 11.4. The first-order valence-electron chi connectivity index (χ1n) is 5.42. The third kappa shape index (κ3) is 2.19. The molecule has 0 bridgehead atoms. The van der Waals surface area contributed by atoms with E-state index in [1.54, 1.807) is 0 Å². The molecule has 0 fully saturated rings. The third-order valence-electron chi connectivity index (χ3n) is 3.06. The van der Waals surface area contributed by atoms with E-state index in [-0.39, 0.29) is 5.41 Å². The van der Waals surface area contributed by atoms with E-state index in [9.17, 15) is 0 Å². The normalized spacial score (nSPS) is 11.4. The Labute approximate surface area is 105 Å². The third-order valence-corrected chi connectivity index (χ3v) is 3.59. The Morgan fingerprint density at radius 3 is 1.81 bits per heavy atom. The molecule has 0 N–H and O–H groups in total. The van der Waals surface area contributed by atoms with Crippen molar-refractivity contribution in [1.29, 1.82) is 0 Å². The second-order valence-corrected chi connectivity index (χ2v) is 5.41. The topological polar surface area (TPSA) is 0 Å². The van der Waals surface area contributed by atoms with Gasteiger partial charge in [-0.3, -0.25) is 0 Å². The van der Waals surface area contributed by atoms with Gasteiger partial charge in [-0.25, -0.2) is 0 Å². The van der Waals surface area contributed by atoms with Gasteiger partial charge in [0, 0.05) is 9.89 Å². The second kappa shape index (κ2) is 4.42. The van der Waals surface area contributed by atoms with Crippen LogP contribution in [0.15, 0.2) is 59.1 Å². The minimum absolute atomic E-state index is 0.0575. The Morgan fingerprint density at radius 1 is 0.750 bits per heavy atom. The fraction of sp³-hybridized carbons (Fsp3) is 0.200. The van der Waals surface area contributed by atoms with Crippen LogP contribution in [0.1, 0.15) is 25.0 Å². The Morgan fingerprint density at radius 2 is 1.25 bits per heavy atom. The number of hydrogen-bond donors (Lipinski definition) is 0. The lowest BCUT2D eigenvalue weighted by Crippen LogP contribution is -2.18. The molecule has 82 valence electrons. The van der Waals surface area contributed by atoms with E-state index in [1.807, 2.05) is 0 Å². The molecule has 0 amide bonds. The number of hydrogen-bond acceptors (Lipinski definition) is 0. The molecule has 0 atom stereocenters. The SMILES string of the molecule is CC(C)(c1ccccc1)c1ccc(Br)cc1. The molecule has 0 nitrogen and oxygen atoms in total. The van der Waals surface area contributed by atoms with Crippen molar-refractivity contribution in [2.24, 2.45) is 0 Å². The maximum Gasteiger partial charge on any atom is 0.0175 e. The highest BCUT2D eigenvalue weighted by Gasteiger charge is 2.22. The summed E-state index contributed by atoms with van der Waals surface area (Å²) in [6.45, 7) is 4.51. The van der Waals surface area contributed by atoms with Crippen LogP contribution in [-0.4, -0.2) is 0 Å². The largest absolute Gasteiger partial charge is 0.0622 e. The Hall–Kier alpha value is -1.08. The van der Waals surface area contributed by atoms with Gasteiger partial charge in [0.2, 0.25) is 0 Å². The lowest BCUT2D eigenvalue weighted by Gasteiger charge is -2.26. The second-order valence-electron chi connectivity index (χ2n) is 4.50. The van der Waals surface area contributed by atoms with Crippen LogP contribution in [0.3, 0.4) is 0 Å². The smallest absolute Gasteiger partial charge is 0.0175 e. The lowest BCUT2D eigenvalue weighted by molar-refractivity contribution is 0.641. The first-order chi connectivity index (χ1) is 7.60. The molecule has 0 saturated carbocycles. The minimum Gasteiger partial charge on any atom is -0.0622 e. The van der Waals surface area contributed by atoms with Crippen LogP contribution in [0, 0.1) is 0 Å². The summed E-state index contributed by atoms with van der Waals surface area (Å²) in [7, 11) is 0. The Balaban J connectivity index is 2.43. The maximum absolute atomic E-state index is 3.47. The summed E-state index contributed by atoms with van der Waals surface area (Å²) in [6, 6.07) is 19.2. The van der Waals surface area contributed by atoms with E-state index >= 15 is 0 Å². The highest BCUT2D eigenvalue weighted by molar-refractivity contribution is 9.10. The van der Waals surface area contributed by atoms with Gasteiger partial charge in [0.15, 0.2) is 0 Å². The molecule has 16 heavy (non-hydrogen) atoms. The molecule has 0 aliphatic rings. The molecule has 0 heterocycles. The predicted octanol–water partition coefficient (Wildman–Crippen LogP) is 4.78. The van der Waals surface area contributed by atoms with Gasteiger partial charge in [-0.1, -0.05) is 72.2 Å². The van der Waals surface area contributed by atoms with E-state index in [1.165, 1.54) is 11.1 Å². The van der Waals surface area contributed by atoms with Gasteiger partial charge in [0.1, 0.15) is 0 Å². The summed E-state index contributed by atoms with van der Waals surface area (Å²) in [5, 5.41) is 0. The van der Waals surface area contributed by atoms with Gasteiger partial charge in [0.05, 0.1) is 0 Å². The molecule has 0 saturated heterocycles. The highest BCUT2D eigenvalue weighted by atomic mass is 79.9. The van der Waals surface area contributed by atoms with E-state index < -0.39 is 0 Å². The summed E-state index contributed by atoms with van der Waals surface area (Å²) in [6.07, 6.45) is 0. The van der Waals surface area contributed by atoms with Gasteiger partial charge in [-0.2, -0.15) is 0 Å². The molecule has 0 spiro atoms. The minimum atomic E-state index is 0.0575. The monoisotopic (exact) mass is 274 g/mol. The summed E-state index contributed by atoms with van der Waals surface area (Å²) in [5.74, 6) is 0. The molecular formula is C15H15Br. The zero-order chi connectivity index (χ0) is 11.6. The van der Waals surface area contributed by atoms with Crippen molar-refractivity contribution in [2.75, 3.05) is 0 Å². The zero-order valence-corrected chi connectivity index (χ0v) is 11.2. The lowest BCUT2D eigenvalue weighted by atomic mass is 9.78. The van der Waals surface area contributed by atoms with Crippen LogP contribution in [0.2, 0.25) is 0 Å². The zero-order valence-electron chi connectivity index (χ0n) is 9.57. The molecule has 2 rings (SSSR count). The molecule has 1 heteroatoms. The average molecular weight is 275 g/mol. The van der Waals surface area contributed by atoms with Gasteiger partial charge >= 0.3 is 0 Å². The van der Waals surface area contributed by atoms with Gasteiger partial charge < -0.3 is 0 Å². The quantitative estimate of drug-likeness (QED) is 0.740. The van der Waals surface area contributed by atoms with E-state index in [0.29, 0.717) is 0 Å². The van der Waals surface area contributed by atoms with Crippen LogP contribution in [-0.2, 0) is 5.41 Å². The van der Waals surface area contributed by atoms with E-state index in [2.05, 4.69) is 84.4 Å². The van der Waals surface area contributed by atoms with Crippen molar-refractivity contribution in [3.8, 4) is 0 Å². The number of halogens is 1. The van der Waals surface area contributed by atoms with Gasteiger partial charge in [-0.15, -0.1) is 0 Å². The van der Waals surface area contributed by atoms with E-state index in [0.717, 1.165) is 4.47 Å². The molecule has 0 radical (unpaired) electrons. The fourth-order valence-electron chi connectivity index (χ4n) is 1.89. The van der Waals surface area contributed by atoms with Crippen LogP contribution >= 0.6 is 15.9 Å². The Kier molecular flexibility index (Phi) is 3.15. The predicted molar refractivity (Wildman–Crippen MR) is 72.7 cm³/mol. The van der Waals surface area contributed by atoms with E-state index in [4.69, 9.17) is 0 Å². The van der Waals surface area contributed by atoms with Crippen molar-refractivity contribution >= 4 is 15.9 Å². The average Bonchev–Trinajstić information content (AvgIpc) is 2.31. The number of rotatable bonds is 2. The summed E-state index contributed by atoms with van der Waals surface area (Å²) < 4.78 is 1.13. The molecule has 0 aromatic heterocycles. The molecule has 0 unspecified atom stereocenters. The maximum atomic E-state index is 3.47. The van der Waals surface area contributed by atoms with Crippen molar-refractivity contribution in [3.05, 3.63) is 70.2 Å². The van der Waals surface area contributed by atoms with Crippen molar-refractivity contribution in [3.63, 3.8) is 0 Å². The van der Waals surface area contributed by atoms with Crippen molar-refractivity contribution in [2.45, 2.75) is 19.3 Å². The van der Waals surface area contributed by atoms with Crippen molar-refractivity contribution in [1.82, 2.24) is 0 Å².